The van der Waals surface area contributed by atoms with Gasteiger partial charge in [0.25, 0.3) is 6.17 Å². The molecular weight excluding hydrogens is 229 g/mol. The van der Waals surface area contributed by atoms with Crippen LogP contribution in [0.2, 0.25) is 0 Å². The predicted octanol–water partition coefficient (Wildman–Crippen LogP) is 1.90. The Balaban J connectivity index is 1.85. The molecule has 0 aromatic carbocycles. The maximum absolute atomic E-state index is 6.00. The molecule has 1 unspecified atom stereocenters. The molecule has 0 radical (unpaired) electrons. The summed E-state index contributed by atoms with van der Waals surface area (Å²) in [5, 5.41) is 4.15. The molecule has 0 amide bonds. The molecule has 3 aliphatic rings. The van der Waals surface area contributed by atoms with Gasteiger partial charge in [0, 0.05) is 16.7 Å². The average molecular weight is 246 g/mol. The minimum absolute atomic E-state index is 0.00354. The fourth-order valence-corrected chi connectivity index (χ4v) is 2.05. The van der Waals surface area contributed by atoms with Gasteiger partial charge in [0.05, 0.1) is 11.2 Å². The van der Waals surface area contributed by atoms with Crippen molar-refractivity contribution in [3.63, 3.8) is 0 Å². The lowest BCUT2D eigenvalue weighted by atomic mass is 9.77. The van der Waals surface area contributed by atoms with E-state index in [0.717, 1.165) is 5.47 Å². The summed E-state index contributed by atoms with van der Waals surface area (Å²) >= 11 is 0. The fraction of sp³-hybridized carbons (Fsp3) is 0.583. The van der Waals surface area contributed by atoms with E-state index >= 15 is 0 Å². The second-order valence-electron chi connectivity index (χ2n) is 5.75. The predicted molar refractivity (Wildman–Crippen MR) is 68.3 cm³/mol. The molecule has 1 saturated heterocycles. The summed E-state index contributed by atoms with van der Waals surface area (Å²) < 4.78 is 13.8. The van der Waals surface area contributed by atoms with Crippen LogP contribution in [-0.4, -0.2) is 35.5 Å². The minimum atomic E-state index is -0.344. The highest BCUT2D eigenvalue weighted by Gasteiger charge is 2.53. The van der Waals surface area contributed by atoms with Crippen molar-refractivity contribution in [1.29, 1.82) is 0 Å². The first kappa shape index (κ1) is 11.8. The van der Waals surface area contributed by atoms with E-state index in [4.69, 9.17) is 9.31 Å². The van der Waals surface area contributed by atoms with Crippen LogP contribution in [0, 0.1) is 0 Å². The number of hydrogen-bond donors (Lipinski definition) is 0. The molecule has 18 heavy (non-hydrogen) atoms. The summed E-state index contributed by atoms with van der Waals surface area (Å²) in [7, 11) is -0.344. The van der Waals surface area contributed by atoms with Crippen molar-refractivity contribution in [2.75, 3.05) is 0 Å². The maximum Gasteiger partial charge on any atom is 0.501 e. The Morgan fingerprint density at radius 3 is 2.56 bits per heavy atom. The number of nitrogens with zero attached hydrogens (tertiary/aromatic N) is 3. The molecule has 0 spiro atoms. The number of fused-ring (bicyclic) bond motifs is 1. The fourth-order valence-electron chi connectivity index (χ4n) is 2.05. The van der Waals surface area contributed by atoms with Crippen molar-refractivity contribution in [2.24, 2.45) is 10.1 Å². The van der Waals surface area contributed by atoms with Gasteiger partial charge >= 0.3 is 7.12 Å². The van der Waals surface area contributed by atoms with Gasteiger partial charge in [-0.05, 0) is 27.7 Å². The molecule has 0 N–H and O–H groups in total. The van der Waals surface area contributed by atoms with Crippen LogP contribution in [-0.2, 0) is 9.31 Å². The van der Waals surface area contributed by atoms with Gasteiger partial charge in [-0.3, -0.25) is 0 Å². The third-order valence-electron chi connectivity index (χ3n) is 3.94. The van der Waals surface area contributed by atoms with Gasteiger partial charge in [0.2, 0.25) is 0 Å². The largest absolute Gasteiger partial charge is 0.501 e. The van der Waals surface area contributed by atoms with Crippen LogP contribution in [0.5, 0.6) is 0 Å². The highest BCUT2D eigenvalue weighted by atomic mass is 16.7. The van der Waals surface area contributed by atoms with E-state index in [0.29, 0.717) is 0 Å². The van der Waals surface area contributed by atoms with E-state index in [1.807, 2.05) is 46.0 Å². The van der Waals surface area contributed by atoms with Crippen LogP contribution >= 0.6 is 0 Å². The van der Waals surface area contributed by atoms with Crippen LogP contribution in [0.25, 0.3) is 0 Å². The summed E-state index contributed by atoms with van der Waals surface area (Å²) in [6.45, 7) is 8.19. The quantitative estimate of drug-likeness (QED) is 0.524. The standard InChI is InChI=1S/C12H17BN3O2/c1-11(2)12(3,4)18-13(17-11)9-5-6-10-14-8-15-16(10)7-9/h5-8,10H,1-4H3/q+1. The highest BCUT2D eigenvalue weighted by molar-refractivity contribution is 6.55. The Hall–Kier alpha value is -1.27. The number of allylic oxidation sites excluding steroid dienone is 2. The number of hydrogen-bond acceptors (Lipinski definition) is 4. The van der Waals surface area contributed by atoms with Gasteiger partial charge in [0.15, 0.2) is 12.5 Å². The molecular formula is C12H17BN3O2+. The first-order chi connectivity index (χ1) is 8.39. The molecule has 3 aliphatic heterocycles. The Bertz CT molecular complexity index is 489. The van der Waals surface area contributed by atoms with E-state index in [9.17, 15) is 0 Å². The van der Waals surface area contributed by atoms with Crippen LogP contribution in [0.15, 0.2) is 33.9 Å². The molecule has 5 nitrogen and oxygen atoms in total. The van der Waals surface area contributed by atoms with E-state index in [2.05, 4.69) is 10.1 Å². The van der Waals surface area contributed by atoms with Gasteiger partial charge in [-0.15, -0.1) is 0 Å². The maximum atomic E-state index is 6.00. The molecule has 1 atom stereocenters. The lowest BCUT2D eigenvalue weighted by Crippen LogP contribution is -2.41. The van der Waals surface area contributed by atoms with Crippen molar-refractivity contribution in [3.8, 4) is 0 Å². The number of rotatable bonds is 1. The van der Waals surface area contributed by atoms with Gasteiger partial charge in [-0.25, -0.2) is 0 Å². The highest BCUT2D eigenvalue weighted by Crippen LogP contribution is 2.39. The van der Waals surface area contributed by atoms with E-state index in [1.54, 1.807) is 11.0 Å². The molecule has 3 heterocycles. The lowest BCUT2D eigenvalue weighted by Gasteiger charge is -2.32. The second kappa shape index (κ2) is 3.62. The molecule has 1 fully saturated rings. The average Bonchev–Trinajstić information content (AvgIpc) is 2.80. The summed E-state index contributed by atoms with van der Waals surface area (Å²) in [4.78, 5) is 4.20. The topological polar surface area (TPSA) is 46.2 Å². The summed E-state index contributed by atoms with van der Waals surface area (Å²) in [5.41, 5.74) is 0.336. The minimum Gasteiger partial charge on any atom is -0.399 e. The van der Waals surface area contributed by atoms with Gasteiger partial charge < -0.3 is 9.31 Å². The van der Waals surface area contributed by atoms with Gasteiger partial charge in [0.1, 0.15) is 0 Å². The third kappa shape index (κ3) is 1.68. The first-order valence-corrected chi connectivity index (χ1v) is 6.15. The smallest absolute Gasteiger partial charge is 0.399 e. The molecule has 0 bridgehead atoms. The van der Waals surface area contributed by atoms with Crippen molar-refractivity contribution in [3.05, 3.63) is 23.8 Å². The molecule has 94 valence electrons. The van der Waals surface area contributed by atoms with E-state index in [-0.39, 0.29) is 24.5 Å². The zero-order valence-electron chi connectivity index (χ0n) is 11.1. The zero-order chi connectivity index (χ0) is 13.0. The summed E-state index contributed by atoms with van der Waals surface area (Å²) in [5.74, 6) is 0. The van der Waals surface area contributed by atoms with E-state index in [1.165, 1.54) is 0 Å². The summed E-state index contributed by atoms with van der Waals surface area (Å²) in [6, 6.07) is 0. The van der Waals surface area contributed by atoms with Crippen LogP contribution in [0.1, 0.15) is 27.7 Å². The van der Waals surface area contributed by atoms with Crippen LogP contribution in [0.3, 0.4) is 0 Å². The van der Waals surface area contributed by atoms with Crippen LogP contribution in [0.4, 0.5) is 0 Å². The van der Waals surface area contributed by atoms with Crippen molar-refractivity contribution >= 4 is 13.5 Å². The van der Waals surface area contributed by atoms with Crippen LogP contribution < -0.4 is 0 Å². The first-order valence-electron chi connectivity index (χ1n) is 6.15. The molecule has 6 heteroatoms. The van der Waals surface area contributed by atoms with Crippen molar-refractivity contribution < 1.29 is 14.0 Å². The Labute approximate surface area is 107 Å². The van der Waals surface area contributed by atoms with Crippen molar-refractivity contribution in [1.82, 2.24) is 0 Å². The molecule has 0 aliphatic carbocycles. The molecule has 0 saturated carbocycles. The summed E-state index contributed by atoms with van der Waals surface area (Å²) in [6.07, 6.45) is 7.49. The zero-order valence-corrected chi connectivity index (χ0v) is 11.1. The molecule has 3 rings (SSSR count). The molecule has 0 aromatic heterocycles. The third-order valence-corrected chi connectivity index (χ3v) is 3.94. The van der Waals surface area contributed by atoms with Gasteiger partial charge in [-0.1, -0.05) is 10.8 Å². The Kier molecular flexibility index (Phi) is 2.37. The van der Waals surface area contributed by atoms with Gasteiger partial charge in [-0.2, -0.15) is 4.99 Å². The SMILES string of the molecule is CC1(C)OB(C2=C[N+]3=NC=NC3C=C2)OC1(C)C. The normalized spacial score (nSPS) is 31.3. The Morgan fingerprint density at radius 1 is 1.22 bits per heavy atom. The van der Waals surface area contributed by atoms with E-state index < -0.39 is 0 Å². The Morgan fingerprint density at radius 2 is 1.89 bits per heavy atom. The lowest BCUT2D eigenvalue weighted by molar-refractivity contribution is -0.542. The number of azo groups is 2. The number of aliphatic imine (C=N–C) groups is 1. The monoisotopic (exact) mass is 246 g/mol. The molecule has 0 aromatic rings. The second-order valence-corrected chi connectivity index (χ2v) is 5.75. The van der Waals surface area contributed by atoms with Crippen molar-refractivity contribution in [2.45, 2.75) is 45.1 Å².